The average Bonchev–Trinajstić information content (AvgIpc) is 3.00. The second-order valence-electron chi connectivity index (χ2n) is 6.14. The zero-order valence-electron chi connectivity index (χ0n) is 13.1. The molecule has 118 valence electrons. The number of carbonyl (C=O) groups is 1. The molecular formula is C17H24N4O. The van der Waals surface area contributed by atoms with Gasteiger partial charge in [-0.05, 0) is 50.6 Å². The summed E-state index contributed by atoms with van der Waals surface area (Å²) >= 11 is 0. The Kier molecular flexibility index (Phi) is 4.73. The minimum Gasteiger partial charge on any atom is -0.348 e. The molecule has 0 spiro atoms. The van der Waals surface area contributed by atoms with Crippen LogP contribution in [0.15, 0.2) is 24.4 Å². The predicted octanol–water partition coefficient (Wildman–Crippen LogP) is 2.56. The summed E-state index contributed by atoms with van der Waals surface area (Å²) in [5.41, 5.74) is 1.67. The summed E-state index contributed by atoms with van der Waals surface area (Å²) in [4.78, 5) is 14.9. The summed E-state index contributed by atoms with van der Waals surface area (Å²) < 4.78 is 0. The fourth-order valence-corrected chi connectivity index (χ4v) is 3.11. The predicted molar refractivity (Wildman–Crippen MR) is 87.9 cm³/mol. The van der Waals surface area contributed by atoms with E-state index in [4.69, 9.17) is 0 Å². The number of fused-ring (bicyclic) bond motifs is 1. The Balaban J connectivity index is 1.60. The summed E-state index contributed by atoms with van der Waals surface area (Å²) in [6, 6.07) is 5.92. The number of hydrogen-bond donors (Lipinski definition) is 2. The van der Waals surface area contributed by atoms with Crippen LogP contribution in [0.3, 0.4) is 0 Å². The first-order valence-corrected chi connectivity index (χ1v) is 8.22. The van der Waals surface area contributed by atoms with Crippen molar-refractivity contribution in [1.82, 2.24) is 20.4 Å². The molecule has 0 radical (unpaired) electrons. The first kappa shape index (κ1) is 15.0. The lowest BCUT2D eigenvalue weighted by atomic mass is 10.0. The summed E-state index contributed by atoms with van der Waals surface area (Å²) in [5.74, 6) is 0.0189. The molecule has 2 heterocycles. The molecule has 1 unspecified atom stereocenters. The quantitative estimate of drug-likeness (QED) is 0.892. The maximum Gasteiger partial charge on any atom is 0.251 e. The van der Waals surface area contributed by atoms with Gasteiger partial charge in [0.05, 0.1) is 11.7 Å². The Morgan fingerprint density at radius 3 is 3.27 bits per heavy atom. The van der Waals surface area contributed by atoms with Crippen LogP contribution in [0.4, 0.5) is 0 Å². The average molecular weight is 300 g/mol. The van der Waals surface area contributed by atoms with Gasteiger partial charge < -0.3 is 10.2 Å². The summed E-state index contributed by atoms with van der Waals surface area (Å²) in [5, 5.41) is 11.1. The number of nitrogens with one attached hydrogen (secondary N) is 2. The van der Waals surface area contributed by atoms with E-state index >= 15 is 0 Å². The summed E-state index contributed by atoms with van der Waals surface area (Å²) in [7, 11) is 0. The van der Waals surface area contributed by atoms with E-state index in [0.29, 0.717) is 5.56 Å². The van der Waals surface area contributed by atoms with Crippen molar-refractivity contribution < 1.29 is 4.79 Å². The highest BCUT2D eigenvalue weighted by Crippen LogP contribution is 2.15. The Bertz CT molecular complexity index is 636. The number of H-pyrrole nitrogens is 1. The molecule has 1 aromatic heterocycles. The molecule has 3 rings (SSSR count). The van der Waals surface area contributed by atoms with Crippen LogP contribution in [0.1, 0.15) is 43.0 Å². The standard InChI is InChI=1S/C17H24N4O/c1-2-3-8-21-9-4-5-15(12-21)19-17(22)13-6-7-16-14(10-13)11-18-20-16/h6-7,10-11,15H,2-5,8-9,12H2,1H3,(H,18,20)(H,19,22). The Morgan fingerprint density at radius 1 is 1.50 bits per heavy atom. The maximum absolute atomic E-state index is 12.4. The molecule has 1 aliphatic heterocycles. The highest BCUT2D eigenvalue weighted by Gasteiger charge is 2.21. The van der Waals surface area contributed by atoms with Crippen LogP contribution in [0, 0.1) is 0 Å². The Morgan fingerprint density at radius 2 is 2.41 bits per heavy atom. The van der Waals surface area contributed by atoms with E-state index in [1.807, 2.05) is 18.2 Å². The number of likely N-dealkylation sites (tertiary alicyclic amines) is 1. The maximum atomic E-state index is 12.4. The van der Waals surface area contributed by atoms with Crippen LogP contribution in [0.5, 0.6) is 0 Å². The molecule has 1 fully saturated rings. The number of carbonyl (C=O) groups excluding carboxylic acids is 1. The molecule has 1 aromatic carbocycles. The third-order valence-corrected chi connectivity index (χ3v) is 4.37. The molecule has 2 aromatic rings. The Labute approximate surface area is 131 Å². The van der Waals surface area contributed by atoms with Crippen LogP contribution in [-0.4, -0.2) is 46.7 Å². The largest absolute Gasteiger partial charge is 0.348 e. The second kappa shape index (κ2) is 6.92. The number of hydrogen-bond acceptors (Lipinski definition) is 3. The van der Waals surface area contributed by atoms with Crippen molar-refractivity contribution in [3.63, 3.8) is 0 Å². The van der Waals surface area contributed by atoms with E-state index in [0.717, 1.165) is 43.4 Å². The number of piperidine rings is 1. The van der Waals surface area contributed by atoms with E-state index in [1.54, 1.807) is 6.20 Å². The molecule has 22 heavy (non-hydrogen) atoms. The molecule has 1 aliphatic rings. The van der Waals surface area contributed by atoms with Gasteiger partial charge in [0.1, 0.15) is 0 Å². The lowest BCUT2D eigenvalue weighted by Gasteiger charge is -2.33. The van der Waals surface area contributed by atoms with Crippen molar-refractivity contribution in [2.45, 2.75) is 38.6 Å². The van der Waals surface area contributed by atoms with Crippen molar-refractivity contribution in [3.05, 3.63) is 30.0 Å². The third-order valence-electron chi connectivity index (χ3n) is 4.37. The first-order chi connectivity index (χ1) is 10.8. The number of aromatic nitrogens is 2. The van der Waals surface area contributed by atoms with E-state index in [9.17, 15) is 4.79 Å². The smallest absolute Gasteiger partial charge is 0.251 e. The van der Waals surface area contributed by atoms with Gasteiger partial charge in [0.25, 0.3) is 5.91 Å². The number of unbranched alkanes of at least 4 members (excludes halogenated alkanes) is 1. The second-order valence-corrected chi connectivity index (χ2v) is 6.14. The molecular weight excluding hydrogens is 276 g/mol. The van der Waals surface area contributed by atoms with Crippen molar-refractivity contribution in [3.8, 4) is 0 Å². The monoisotopic (exact) mass is 300 g/mol. The highest BCUT2D eigenvalue weighted by molar-refractivity contribution is 5.98. The van der Waals surface area contributed by atoms with Crippen LogP contribution < -0.4 is 5.32 Å². The van der Waals surface area contributed by atoms with Crippen LogP contribution in [0.2, 0.25) is 0 Å². The molecule has 1 atom stereocenters. The molecule has 5 heteroatoms. The van der Waals surface area contributed by atoms with Gasteiger partial charge >= 0.3 is 0 Å². The number of aromatic amines is 1. The van der Waals surface area contributed by atoms with Gasteiger partial charge in [-0.15, -0.1) is 0 Å². The number of nitrogens with zero attached hydrogens (tertiary/aromatic N) is 2. The van der Waals surface area contributed by atoms with E-state index in [-0.39, 0.29) is 11.9 Å². The highest BCUT2D eigenvalue weighted by atomic mass is 16.1. The lowest BCUT2D eigenvalue weighted by molar-refractivity contribution is 0.0903. The zero-order chi connectivity index (χ0) is 15.4. The van der Waals surface area contributed by atoms with Gasteiger partial charge in [-0.2, -0.15) is 5.10 Å². The van der Waals surface area contributed by atoms with Crippen LogP contribution in [0.25, 0.3) is 10.9 Å². The molecule has 2 N–H and O–H groups in total. The minimum absolute atomic E-state index is 0.0189. The fourth-order valence-electron chi connectivity index (χ4n) is 3.11. The van der Waals surface area contributed by atoms with Crippen molar-refractivity contribution in [2.75, 3.05) is 19.6 Å². The van der Waals surface area contributed by atoms with Crippen molar-refractivity contribution >= 4 is 16.8 Å². The van der Waals surface area contributed by atoms with Crippen molar-refractivity contribution in [1.29, 1.82) is 0 Å². The fraction of sp³-hybridized carbons (Fsp3) is 0.529. The number of rotatable bonds is 5. The van der Waals surface area contributed by atoms with Gasteiger partial charge in [-0.3, -0.25) is 9.89 Å². The van der Waals surface area contributed by atoms with Gasteiger partial charge in [-0.25, -0.2) is 0 Å². The molecule has 5 nitrogen and oxygen atoms in total. The van der Waals surface area contributed by atoms with Gasteiger partial charge in [0.2, 0.25) is 0 Å². The molecule has 1 amide bonds. The Hall–Kier alpha value is -1.88. The lowest BCUT2D eigenvalue weighted by Crippen LogP contribution is -2.47. The summed E-state index contributed by atoms with van der Waals surface area (Å²) in [6.45, 7) is 5.49. The normalized spacial score (nSPS) is 19.4. The minimum atomic E-state index is 0.0189. The third kappa shape index (κ3) is 3.47. The van der Waals surface area contributed by atoms with Gasteiger partial charge in [0, 0.05) is 23.5 Å². The van der Waals surface area contributed by atoms with Gasteiger partial charge in [-0.1, -0.05) is 13.3 Å². The first-order valence-electron chi connectivity index (χ1n) is 8.22. The van der Waals surface area contributed by atoms with E-state index in [2.05, 4.69) is 27.3 Å². The van der Waals surface area contributed by atoms with E-state index < -0.39 is 0 Å². The number of benzene rings is 1. The zero-order valence-corrected chi connectivity index (χ0v) is 13.1. The van der Waals surface area contributed by atoms with Gasteiger partial charge in [0.15, 0.2) is 0 Å². The van der Waals surface area contributed by atoms with Crippen LogP contribution in [-0.2, 0) is 0 Å². The van der Waals surface area contributed by atoms with Crippen LogP contribution >= 0.6 is 0 Å². The van der Waals surface area contributed by atoms with E-state index in [1.165, 1.54) is 12.8 Å². The van der Waals surface area contributed by atoms with Crippen molar-refractivity contribution in [2.24, 2.45) is 0 Å². The SMILES string of the molecule is CCCCN1CCCC(NC(=O)c2ccc3[nH]ncc3c2)C1. The molecule has 0 saturated carbocycles. The molecule has 0 bridgehead atoms. The molecule has 0 aliphatic carbocycles. The number of amides is 1. The topological polar surface area (TPSA) is 61.0 Å². The molecule has 1 saturated heterocycles. The summed E-state index contributed by atoms with van der Waals surface area (Å²) in [6.07, 6.45) is 6.44.